The van der Waals surface area contributed by atoms with E-state index in [2.05, 4.69) is 46.5 Å². The molecule has 1 unspecified atom stereocenters. The van der Waals surface area contributed by atoms with Gasteiger partial charge < -0.3 is 20.3 Å². The summed E-state index contributed by atoms with van der Waals surface area (Å²) in [6, 6.07) is 14.1. The van der Waals surface area contributed by atoms with Crippen molar-refractivity contribution in [2.75, 3.05) is 31.2 Å². The second-order valence-electron chi connectivity index (χ2n) is 7.42. The van der Waals surface area contributed by atoms with Gasteiger partial charge >= 0.3 is 6.03 Å². The van der Waals surface area contributed by atoms with Crippen LogP contribution in [0.15, 0.2) is 48.7 Å². The Morgan fingerprint density at radius 1 is 1.10 bits per heavy atom. The molecule has 1 aromatic carbocycles. The smallest absolute Gasteiger partial charge is 0.315 e. The van der Waals surface area contributed by atoms with Crippen molar-refractivity contribution in [3.05, 3.63) is 59.8 Å². The fourth-order valence-electron chi connectivity index (χ4n) is 3.77. The number of urea groups is 1. The maximum absolute atomic E-state index is 12.6. The predicted molar refractivity (Wildman–Crippen MR) is 116 cm³/mol. The molecule has 0 saturated carbocycles. The molecule has 1 saturated heterocycles. The third kappa shape index (κ3) is 5.94. The number of aromatic nitrogens is 1. The molecule has 1 fully saturated rings. The number of anilines is 1. The lowest BCUT2D eigenvalue weighted by Crippen LogP contribution is -2.40. The van der Waals surface area contributed by atoms with E-state index >= 15 is 0 Å². The summed E-state index contributed by atoms with van der Waals surface area (Å²) >= 11 is 0. The number of morpholine rings is 1. The first-order chi connectivity index (χ1) is 14.2. The molecule has 2 aromatic rings. The average Bonchev–Trinajstić information content (AvgIpc) is 2.79. The molecule has 0 bridgehead atoms. The molecule has 0 radical (unpaired) electrons. The quantitative estimate of drug-likeness (QED) is 0.710. The van der Waals surface area contributed by atoms with Crippen molar-refractivity contribution in [2.45, 2.75) is 39.3 Å². The minimum atomic E-state index is -0.150. The normalized spacial score (nSPS) is 15.2. The van der Waals surface area contributed by atoms with E-state index in [4.69, 9.17) is 4.74 Å². The number of carbonyl (C=O) groups excluding carboxylic acids is 1. The Morgan fingerprint density at radius 2 is 1.83 bits per heavy atom. The molecular weight excluding hydrogens is 364 g/mol. The number of nitrogens with zero attached hydrogens (tertiary/aromatic N) is 2. The van der Waals surface area contributed by atoms with E-state index in [9.17, 15) is 4.79 Å². The summed E-state index contributed by atoms with van der Waals surface area (Å²) in [5, 5.41) is 6.15. The number of pyridine rings is 1. The number of amides is 2. The summed E-state index contributed by atoms with van der Waals surface area (Å²) in [6.45, 7) is 8.01. The van der Waals surface area contributed by atoms with Crippen molar-refractivity contribution in [3.63, 3.8) is 0 Å². The first kappa shape index (κ1) is 21.1. The number of ether oxygens (including phenoxy) is 1. The van der Waals surface area contributed by atoms with Crippen LogP contribution in [0.3, 0.4) is 0 Å². The molecule has 1 aliphatic rings. The lowest BCUT2D eigenvalue weighted by molar-refractivity contribution is 0.122. The van der Waals surface area contributed by atoms with Gasteiger partial charge in [-0.05, 0) is 23.1 Å². The molecule has 156 valence electrons. The maximum atomic E-state index is 12.6. The van der Waals surface area contributed by atoms with Gasteiger partial charge in [0.2, 0.25) is 0 Å². The Kier molecular flexibility index (Phi) is 7.87. The Bertz CT molecular complexity index is 741. The summed E-state index contributed by atoms with van der Waals surface area (Å²) in [5.74, 6) is 1.36. The number of hydrogen-bond acceptors (Lipinski definition) is 4. The topological polar surface area (TPSA) is 66.5 Å². The van der Waals surface area contributed by atoms with Gasteiger partial charge in [-0.1, -0.05) is 63.1 Å². The molecular formula is C23H32N4O2. The predicted octanol–water partition coefficient (Wildman–Crippen LogP) is 3.89. The van der Waals surface area contributed by atoms with Crippen LogP contribution in [0, 0.1) is 5.92 Å². The van der Waals surface area contributed by atoms with Crippen LogP contribution in [-0.2, 0) is 11.3 Å². The SMILES string of the molecule is CCC(CC)C(NC(=O)NCc1ccc(N2CCOCC2)nc1)c1ccccc1. The third-order valence-electron chi connectivity index (χ3n) is 5.56. The number of nitrogens with one attached hydrogen (secondary N) is 2. The fraction of sp³-hybridized carbons (Fsp3) is 0.478. The number of hydrogen-bond donors (Lipinski definition) is 2. The first-order valence-corrected chi connectivity index (χ1v) is 10.6. The largest absolute Gasteiger partial charge is 0.378 e. The van der Waals surface area contributed by atoms with Crippen LogP contribution in [0.25, 0.3) is 0 Å². The average molecular weight is 397 g/mol. The van der Waals surface area contributed by atoms with Crippen molar-refractivity contribution in [1.29, 1.82) is 0 Å². The lowest BCUT2D eigenvalue weighted by Gasteiger charge is -2.28. The molecule has 2 N–H and O–H groups in total. The van der Waals surface area contributed by atoms with E-state index in [0.29, 0.717) is 12.5 Å². The van der Waals surface area contributed by atoms with Gasteiger partial charge in [0.05, 0.1) is 19.3 Å². The van der Waals surface area contributed by atoms with Crippen LogP contribution in [-0.4, -0.2) is 37.3 Å². The van der Waals surface area contributed by atoms with Gasteiger partial charge in [0.1, 0.15) is 5.82 Å². The van der Waals surface area contributed by atoms with Crippen molar-refractivity contribution in [2.24, 2.45) is 5.92 Å². The van der Waals surface area contributed by atoms with E-state index in [1.807, 2.05) is 36.5 Å². The molecule has 3 rings (SSSR count). The number of benzene rings is 1. The van der Waals surface area contributed by atoms with Crippen LogP contribution < -0.4 is 15.5 Å². The van der Waals surface area contributed by atoms with Gasteiger partial charge in [0.25, 0.3) is 0 Å². The minimum Gasteiger partial charge on any atom is -0.378 e. The summed E-state index contributed by atoms with van der Waals surface area (Å²) < 4.78 is 5.38. The van der Waals surface area contributed by atoms with E-state index in [-0.39, 0.29) is 12.1 Å². The van der Waals surface area contributed by atoms with Crippen LogP contribution in [0.2, 0.25) is 0 Å². The van der Waals surface area contributed by atoms with Crippen LogP contribution in [0.5, 0.6) is 0 Å². The second kappa shape index (κ2) is 10.8. The standard InChI is InChI=1S/C23H32N4O2/c1-3-19(4-2)22(20-8-6-5-7-9-20)26-23(28)25-17-18-10-11-21(24-16-18)27-12-14-29-15-13-27/h5-11,16,19,22H,3-4,12-15,17H2,1-2H3,(H2,25,26,28). The van der Waals surface area contributed by atoms with E-state index in [1.165, 1.54) is 0 Å². The van der Waals surface area contributed by atoms with Gasteiger partial charge in [0.15, 0.2) is 0 Å². The Labute approximate surface area is 173 Å². The molecule has 6 heteroatoms. The van der Waals surface area contributed by atoms with Crippen molar-refractivity contribution >= 4 is 11.8 Å². The van der Waals surface area contributed by atoms with E-state index < -0.39 is 0 Å². The zero-order valence-electron chi connectivity index (χ0n) is 17.4. The molecule has 1 aliphatic heterocycles. The molecule has 2 amide bonds. The van der Waals surface area contributed by atoms with Gasteiger partial charge in [-0.25, -0.2) is 9.78 Å². The fourth-order valence-corrected chi connectivity index (χ4v) is 3.77. The number of rotatable bonds is 8. The monoisotopic (exact) mass is 396 g/mol. The minimum absolute atomic E-state index is 0.00743. The summed E-state index contributed by atoms with van der Waals surface area (Å²) in [4.78, 5) is 19.3. The Morgan fingerprint density at radius 3 is 2.45 bits per heavy atom. The summed E-state index contributed by atoms with van der Waals surface area (Å²) in [7, 11) is 0. The third-order valence-corrected chi connectivity index (χ3v) is 5.56. The Hall–Kier alpha value is -2.60. The zero-order valence-corrected chi connectivity index (χ0v) is 17.4. The van der Waals surface area contributed by atoms with Crippen molar-refractivity contribution in [1.82, 2.24) is 15.6 Å². The molecule has 1 atom stereocenters. The van der Waals surface area contributed by atoms with Gasteiger partial charge in [-0.15, -0.1) is 0 Å². The maximum Gasteiger partial charge on any atom is 0.315 e. The van der Waals surface area contributed by atoms with Crippen LogP contribution >= 0.6 is 0 Å². The van der Waals surface area contributed by atoms with Gasteiger partial charge in [0, 0.05) is 25.8 Å². The van der Waals surface area contributed by atoms with Gasteiger partial charge in [-0.3, -0.25) is 0 Å². The molecule has 1 aromatic heterocycles. The van der Waals surface area contributed by atoms with Crippen LogP contribution in [0.4, 0.5) is 10.6 Å². The van der Waals surface area contributed by atoms with Crippen LogP contribution in [0.1, 0.15) is 43.9 Å². The molecule has 29 heavy (non-hydrogen) atoms. The van der Waals surface area contributed by atoms with E-state index in [0.717, 1.165) is 56.1 Å². The highest BCUT2D eigenvalue weighted by molar-refractivity contribution is 5.74. The molecule has 0 aliphatic carbocycles. The van der Waals surface area contributed by atoms with E-state index in [1.54, 1.807) is 0 Å². The Balaban J connectivity index is 1.56. The number of carbonyl (C=O) groups is 1. The highest BCUT2D eigenvalue weighted by atomic mass is 16.5. The summed E-state index contributed by atoms with van der Waals surface area (Å²) in [5.41, 5.74) is 2.13. The highest BCUT2D eigenvalue weighted by Crippen LogP contribution is 2.27. The van der Waals surface area contributed by atoms with Crippen molar-refractivity contribution < 1.29 is 9.53 Å². The zero-order chi connectivity index (χ0) is 20.5. The summed E-state index contributed by atoms with van der Waals surface area (Å²) in [6.07, 6.45) is 3.87. The van der Waals surface area contributed by atoms with Gasteiger partial charge in [-0.2, -0.15) is 0 Å². The molecule has 0 spiro atoms. The van der Waals surface area contributed by atoms with Crippen molar-refractivity contribution in [3.8, 4) is 0 Å². The molecule has 6 nitrogen and oxygen atoms in total. The second-order valence-corrected chi connectivity index (χ2v) is 7.42. The first-order valence-electron chi connectivity index (χ1n) is 10.6. The molecule has 2 heterocycles. The highest BCUT2D eigenvalue weighted by Gasteiger charge is 2.22. The lowest BCUT2D eigenvalue weighted by atomic mass is 9.89.